The van der Waals surface area contributed by atoms with Crippen LogP contribution in [0.4, 0.5) is 4.39 Å². The van der Waals surface area contributed by atoms with Crippen molar-refractivity contribution in [2.75, 3.05) is 0 Å². The van der Waals surface area contributed by atoms with Crippen molar-refractivity contribution in [2.24, 2.45) is 0 Å². The van der Waals surface area contributed by atoms with E-state index in [4.69, 9.17) is 0 Å². The van der Waals surface area contributed by atoms with Crippen molar-refractivity contribution in [1.29, 1.82) is 0 Å². The zero-order valence-corrected chi connectivity index (χ0v) is 11.9. The maximum atomic E-state index is 13.7. The third kappa shape index (κ3) is 3.58. The first kappa shape index (κ1) is 14.1. The SMILES string of the molecule is Cc1cccc(CSc2cccc(F)c2[C@@H](C)O)c1. The number of aliphatic hydroxyl groups is 1. The molecule has 100 valence electrons. The zero-order valence-electron chi connectivity index (χ0n) is 11.1. The Kier molecular flexibility index (Phi) is 4.61. The van der Waals surface area contributed by atoms with Gasteiger partial charge in [0.2, 0.25) is 0 Å². The molecular formula is C16H17FOS. The lowest BCUT2D eigenvalue weighted by atomic mass is 10.1. The molecule has 2 aromatic rings. The van der Waals surface area contributed by atoms with Crippen LogP contribution in [-0.4, -0.2) is 5.11 Å². The molecule has 1 atom stereocenters. The minimum atomic E-state index is -0.791. The van der Waals surface area contributed by atoms with Gasteiger partial charge in [-0.15, -0.1) is 11.8 Å². The van der Waals surface area contributed by atoms with Crippen LogP contribution in [0.1, 0.15) is 29.7 Å². The van der Waals surface area contributed by atoms with Gasteiger partial charge >= 0.3 is 0 Å². The van der Waals surface area contributed by atoms with Gasteiger partial charge in [-0.05, 0) is 31.5 Å². The number of hydrogen-bond acceptors (Lipinski definition) is 2. The van der Waals surface area contributed by atoms with Gasteiger partial charge in [-0.1, -0.05) is 35.9 Å². The van der Waals surface area contributed by atoms with Crippen LogP contribution < -0.4 is 0 Å². The molecule has 1 nitrogen and oxygen atoms in total. The Morgan fingerprint density at radius 3 is 2.63 bits per heavy atom. The molecule has 0 bridgehead atoms. The number of benzene rings is 2. The van der Waals surface area contributed by atoms with E-state index in [9.17, 15) is 9.50 Å². The largest absolute Gasteiger partial charge is 0.389 e. The van der Waals surface area contributed by atoms with E-state index in [1.165, 1.54) is 17.2 Å². The first-order valence-electron chi connectivity index (χ1n) is 6.22. The van der Waals surface area contributed by atoms with Gasteiger partial charge in [-0.3, -0.25) is 0 Å². The summed E-state index contributed by atoms with van der Waals surface area (Å²) in [6.07, 6.45) is -0.791. The minimum Gasteiger partial charge on any atom is -0.389 e. The molecule has 0 radical (unpaired) electrons. The van der Waals surface area contributed by atoms with E-state index in [1.54, 1.807) is 24.8 Å². The molecule has 0 aromatic heterocycles. The second-order valence-electron chi connectivity index (χ2n) is 4.61. The van der Waals surface area contributed by atoms with Crippen LogP contribution >= 0.6 is 11.8 Å². The first-order valence-corrected chi connectivity index (χ1v) is 7.21. The summed E-state index contributed by atoms with van der Waals surface area (Å²) in [5.74, 6) is 0.425. The van der Waals surface area contributed by atoms with Crippen LogP contribution in [0, 0.1) is 12.7 Å². The predicted octanol–water partition coefficient (Wildman–Crippen LogP) is 4.48. The lowest BCUT2D eigenvalue weighted by Gasteiger charge is -2.12. The van der Waals surface area contributed by atoms with Gasteiger partial charge in [0.05, 0.1) is 6.10 Å². The maximum absolute atomic E-state index is 13.7. The normalized spacial score (nSPS) is 12.4. The Hall–Kier alpha value is -1.32. The highest BCUT2D eigenvalue weighted by atomic mass is 32.2. The Bertz CT molecular complexity index is 566. The smallest absolute Gasteiger partial charge is 0.130 e. The molecule has 3 heteroatoms. The van der Waals surface area contributed by atoms with Crippen LogP contribution in [0.15, 0.2) is 47.4 Å². The quantitative estimate of drug-likeness (QED) is 0.831. The summed E-state index contributed by atoms with van der Waals surface area (Å²) < 4.78 is 13.7. The minimum absolute atomic E-state index is 0.343. The number of halogens is 1. The van der Waals surface area contributed by atoms with E-state index in [-0.39, 0.29) is 5.82 Å². The van der Waals surface area contributed by atoms with E-state index >= 15 is 0 Å². The van der Waals surface area contributed by atoms with Crippen molar-refractivity contribution >= 4 is 11.8 Å². The number of aliphatic hydroxyl groups excluding tert-OH is 1. The van der Waals surface area contributed by atoms with Gasteiger partial charge in [-0.2, -0.15) is 0 Å². The zero-order chi connectivity index (χ0) is 13.8. The Morgan fingerprint density at radius 2 is 1.95 bits per heavy atom. The molecule has 0 aliphatic heterocycles. The molecule has 0 spiro atoms. The molecule has 1 N–H and O–H groups in total. The fraction of sp³-hybridized carbons (Fsp3) is 0.250. The number of hydrogen-bond donors (Lipinski definition) is 1. The van der Waals surface area contributed by atoms with Crippen molar-refractivity contribution < 1.29 is 9.50 Å². The van der Waals surface area contributed by atoms with Gasteiger partial charge < -0.3 is 5.11 Å². The topological polar surface area (TPSA) is 20.2 Å². The van der Waals surface area contributed by atoms with Crippen molar-refractivity contribution in [3.8, 4) is 0 Å². The van der Waals surface area contributed by atoms with E-state index in [0.717, 1.165) is 10.6 Å². The van der Waals surface area contributed by atoms with Gasteiger partial charge in [0.1, 0.15) is 5.82 Å². The third-order valence-corrected chi connectivity index (χ3v) is 4.05. The van der Waals surface area contributed by atoms with Crippen LogP contribution in [0.3, 0.4) is 0 Å². The molecule has 2 rings (SSSR count). The molecule has 0 fully saturated rings. The lowest BCUT2D eigenvalue weighted by Crippen LogP contribution is -1.98. The maximum Gasteiger partial charge on any atom is 0.130 e. The lowest BCUT2D eigenvalue weighted by molar-refractivity contribution is 0.191. The standard InChI is InChI=1S/C16H17FOS/c1-11-5-3-6-13(9-11)10-19-15-8-4-7-14(17)16(15)12(2)18/h3-9,12,18H,10H2,1-2H3/t12-/m1/s1. The molecule has 2 aromatic carbocycles. The molecule has 0 saturated carbocycles. The number of thioether (sulfide) groups is 1. The highest BCUT2D eigenvalue weighted by molar-refractivity contribution is 7.98. The second kappa shape index (κ2) is 6.22. The monoisotopic (exact) mass is 276 g/mol. The molecule has 0 heterocycles. The van der Waals surface area contributed by atoms with E-state index < -0.39 is 6.10 Å². The molecule has 0 unspecified atom stereocenters. The first-order chi connectivity index (χ1) is 9.08. The summed E-state index contributed by atoms with van der Waals surface area (Å²) in [6, 6.07) is 13.2. The van der Waals surface area contributed by atoms with Gasteiger partial charge in [0, 0.05) is 16.2 Å². The van der Waals surface area contributed by atoms with Crippen LogP contribution in [-0.2, 0) is 5.75 Å². The van der Waals surface area contributed by atoms with Crippen LogP contribution in [0.5, 0.6) is 0 Å². The molecule has 0 aliphatic rings. The Morgan fingerprint density at radius 1 is 1.21 bits per heavy atom. The average Bonchev–Trinajstić information content (AvgIpc) is 2.36. The summed E-state index contributed by atoms with van der Waals surface area (Å²) in [6.45, 7) is 3.65. The van der Waals surface area contributed by atoms with Crippen LogP contribution in [0.2, 0.25) is 0 Å². The molecule has 0 aliphatic carbocycles. The molecule has 0 amide bonds. The van der Waals surface area contributed by atoms with Gasteiger partial charge in [0.15, 0.2) is 0 Å². The van der Waals surface area contributed by atoms with Crippen molar-refractivity contribution in [2.45, 2.75) is 30.6 Å². The highest BCUT2D eigenvalue weighted by Crippen LogP contribution is 2.31. The molecular weight excluding hydrogens is 259 g/mol. The molecule has 19 heavy (non-hydrogen) atoms. The van der Waals surface area contributed by atoms with Crippen molar-refractivity contribution in [3.05, 3.63) is 65.0 Å². The predicted molar refractivity (Wildman–Crippen MR) is 77.8 cm³/mol. The van der Waals surface area contributed by atoms with Gasteiger partial charge in [0.25, 0.3) is 0 Å². The summed E-state index contributed by atoms with van der Waals surface area (Å²) >= 11 is 1.55. The fourth-order valence-corrected chi connectivity index (χ4v) is 3.11. The van der Waals surface area contributed by atoms with E-state index in [1.807, 2.05) is 12.1 Å². The summed E-state index contributed by atoms with van der Waals surface area (Å²) in [7, 11) is 0. The Balaban J connectivity index is 2.18. The van der Waals surface area contributed by atoms with E-state index in [0.29, 0.717) is 5.56 Å². The third-order valence-electron chi connectivity index (χ3n) is 2.91. The average molecular weight is 276 g/mol. The van der Waals surface area contributed by atoms with Crippen molar-refractivity contribution in [1.82, 2.24) is 0 Å². The fourth-order valence-electron chi connectivity index (χ4n) is 2.01. The van der Waals surface area contributed by atoms with Crippen LogP contribution in [0.25, 0.3) is 0 Å². The number of rotatable bonds is 4. The summed E-state index contributed by atoms with van der Waals surface area (Å²) in [5.41, 5.74) is 2.80. The second-order valence-corrected chi connectivity index (χ2v) is 5.62. The summed E-state index contributed by atoms with van der Waals surface area (Å²) in [4.78, 5) is 0.802. The summed E-state index contributed by atoms with van der Waals surface area (Å²) in [5, 5.41) is 9.67. The van der Waals surface area contributed by atoms with E-state index in [2.05, 4.69) is 25.1 Å². The van der Waals surface area contributed by atoms with Crippen molar-refractivity contribution in [3.63, 3.8) is 0 Å². The molecule has 0 saturated heterocycles. The highest BCUT2D eigenvalue weighted by Gasteiger charge is 2.13. The van der Waals surface area contributed by atoms with Gasteiger partial charge in [-0.25, -0.2) is 4.39 Å². The Labute approximate surface area is 117 Å². The number of aryl methyl sites for hydroxylation is 1.